The first-order valence-electron chi connectivity index (χ1n) is 13.4. The Kier molecular flexibility index (Phi) is 7.98. The maximum Gasteiger partial charge on any atom is 0.246 e. The third-order valence-corrected chi connectivity index (χ3v) is 8.00. The maximum absolute atomic E-state index is 13.9. The lowest BCUT2D eigenvalue weighted by molar-refractivity contribution is -0.147. The minimum absolute atomic E-state index is 0.0229. The molecule has 4 amide bonds. The van der Waals surface area contributed by atoms with Crippen LogP contribution in [0.3, 0.4) is 0 Å². The van der Waals surface area contributed by atoms with Gasteiger partial charge in [-0.2, -0.15) is 0 Å². The summed E-state index contributed by atoms with van der Waals surface area (Å²) in [6, 6.07) is 14.3. The lowest BCUT2D eigenvalue weighted by Crippen LogP contribution is -2.56. The minimum Gasteiger partial charge on any atom is -0.351 e. The van der Waals surface area contributed by atoms with Crippen molar-refractivity contribution in [1.82, 2.24) is 20.4 Å². The Morgan fingerprint density at radius 3 is 2.08 bits per heavy atom. The first-order valence-corrected chi connectivity index (χ1v) is 13.8. The topological polar surface area (TPSA) is 98.8 Å². The average Bonchev–Trinajstić information content (AvgIpc) is 3.59. The lowest BCUT2D eigenvalue weighted by atomic mass is 10.0. The lowest BCUT2D eigenvalue weighted by Gasteiger charge is -2.32. The minimum atomic E-state index is -0.833. The Balaban J connectivity index is 1.46. The van der Waals surface area contributed by atoms with Crippen LogP contribution in [0.15, 0.2) is 54.6 Å². The standard InChI is InChI=1S/C29H33ClN4O4/c30-21-12-10-20(11-13-21)17-23-28(37)34-15-5-9-25(34)29(38)33-14-4-8-24(33)27(36)31-22(18-26(35)32-23)16-19-6-2-1-3-7-19/h1-3,6-7,10-13,22-25H,4-5,8-9,14-18H2,(H,31,36)(H,32,35). The second-order valence-electron chi connectivity index (χ2n) is 10.4. The van der Waals surface area contributed by atoms with Crippen LogP contribution >= 0.6 is 11.6 Å². The molecular weight excluding hydrogens is 504 g/mol. The molecule has 2 aromatic rings. The van der Waals surface area contributed by atoms with Crippen LogP contribution in [0.5, 0.6) is 0 Å². The van der Waals surface area contributed by atoms with Gasteiger partial charge in [-0.15, -0.1) is 0 Å². The third kappa shape index (κ3) is 5.85. The molecule has 0 saturated carbocycles. The molecule has 0 spiro atoms. The van der Waals surface area contributed by atoms with E-state index in [1.165, 1.54) is 0 Å². The zero-order valence-corrected chi connectivity index (χ0v) is 22.0. The molecule has 2 N–H and O–H groups in total. The Hall–Kier alpha value is -3.39. The van der Waals surface area contributed by atoms with Gasteiger partial charge < -0.3 is 20.4 Å². The highest BCUT2D eigenvalue weighted by molar-refractivity contribution is 6.30. The van der Waals surface area contributed by atoms with E-state index in [9.17, 15) is 19.2 Å². The van der Waals surface area contributed by atoms with E-state index >= 15 is 0 Å². The molecule has 3 aliphatic rings. The molecule has 0 aliphatic carbocycles. The fourth-order valence-electron chi connectivity index (χ4n) is 5.89. The summed E-state index contributed by atoms with van der Waals surface area (Å²) in [6.45, 7) is 0.938. The molecule has 0 aromatic heterocycles. The van der Waals surface area contributed by atoms with E-state index < -0.39 is 24.2 Å². The van der Waals surface area contributed by atoms with E-state index in [1.54, 1.807) is 21.9 Å². The van der Waals surface area contributed by atoms with Gasteiger partial charge in [0.05, 0.1) is 0 Å². The summed E-state index contributed by atoms with van der Waals surface area (Å²) in [6.07, 6.45) is 3.32. The zero-order valence-electron chi connectivity index (χ0n) is 21.3. The number of hydrogen-bond donors (Lipinski definition) is 2. The van der Waals surface area contributed by atoms with E-state index in [1.807, 2.05) is 42.5 Å². The first kappa shape index (κ1) is 26.2. The predicted octanol–water partition coefficient (Wildman–Crippen LogP) is 2.48. The van der Waals surface area contributed by atoms with Crippen molar-refractivity contribution in [2.24, 2.45) is 0 Å². The van der Waals surface area contributed by atoms with Gasteiger partial charge in [-0.1, -0.05) is 54.1 Å². The molecular formula is C29H33ClN4O4. The molecule has 3 aliphatic heterocycles. The van der Waals surface area contributed by atoms with Crippen molar-refractivity contribution in [3.8, 4) is 0 Å². The number of hydrogen-bond acceptors (Lipinski definition) is 4. The Labute approximate surface area is 227 Å². The van der Waals surface area contributed by atoms with Crippen LogP contribution in [-0.4, -0.2) is 70.7 Å². The van der Waals surface area contributed by atoms with Crippen molar-refractivity contribution < 1.29 is 19.2 Å². The van der Waals surface area contributed by atoms with Gasteiger partial charge in [0.15, 0.2) is 0 Å². The normalized spacial score (nSPS) is 26.6. The van der Waals surface area contributed by atoms with Gasteiger partial charge in [0.25, 0.3) is 0 Å². The van der Waals surface area contributed by atoms with Crippen LogP contribution in [0.1, 0.15) is 43.2 Å². The molecule has 8 nitrogen and oxygen atoms in total. The number of nitrogens with zero attached hydrogens (tertiary/aromatic N) is 2. The molecule has 3 heterocycles. The largest absolute Gasteiger partial charge is 0.351 e. The van der Waals surface area contributed by atoms with Gasteiger partial charge in [-0.3, -0.25) is 19.2 Å². The SMILES string of the molecule is O=C1CC(Cc2ccccc2)NC(=O)C2CCCN2C(=O)C2CCCN2C(=O)C(Cc2ccc(Cl)cc2)N1. The van der Waals surface area contributed by atoms with Gasteiger partial charge in [0.1, 0.15) is 18.1 Å². The Bertz CT molecular complexity index is 1190. The molecule has 4 unspecified atom stereocenters. The smallest absolute Gasteiger partial charge is 0.246 e. The predicted molar refractivity (Wildman–Crippen MR) is 143 cm³/mol. The number of benzene rings is 2. The molecule has 9 heteroatoms. The van der Waals surface area contributed by atoms with Crippen LogP contribution in [0.4, 0.5) is 0 Å². The van der Waals surface area contributed by atoms with E-state index in [0.717, 1.165) is 17.5 Å². The number of carbonyl (C=O) groups excluding carboxylic acids is 4. The van der Waals surface area contributed by atoms with Gasteiger partial charge in [-0.05, 0) is 55.4 Å². The van der Waals surface area contributed by atoms with Gasteiger partial charge in [0, 0.05) is 37.0 Å². The van der Waals surface area contributed by atoms with Gasteiger partial charge >= 0.3 is 0 Å². The number of fused-ring (bicyclic) bond motifs is 2. The monoisotopic (exact) mass is 536 g/mol. The number of rotatable bonds is 4. The van der Waals surface area contributed by atoms with Crippen molar-refractivity contribution in [1.29, 1.82) is 0 Å². The highest BCUT2D eigenvalue weighted by Gasteiger charge is 2.44. The summed E-state index contributed by atoms with van der Waals surface area (Å²) in [7, 11) is 0. The number of amides is 4. The third-order valence-electron chi connectivity index (χ3n) is 7.75. The van der Waals surface area contributed by atoms with Gasteiger partial charge in [-0.25, -0.2) is 0 Å². The molecule has 3 saturated heterocycles. The van der Waals surface area contributed by atoms with Crippen LogP contribution in [0.2, 0.25) is 5.02 Å². The van der Waals surface area contributed by atoms with Crippen LogP contribution in [0.25, 0.3) is 0 Å². The molecule has 38 heavy (non-hydrogen) atoms. The van der Waals surface area contributed by atoms with Crippen molar-refractivity contribution in [2.45, 2.75) is 69.1 Å². The summed E-state index contributed by atoms with van der Waals surface area (Å²) in [4.78, 5) is 57.6. The van der Waals surface area contributed by atoms with E-state index in [0.29, 0.717) is 43.8 Å². The molecule has 4 atom stereocenters. The summed E-state index contributed by atoms with van der Waals surface area (Å²) in [5.74, 6) is -0.998. The summed E-state index contributed by atoms with van der Waals surface area (Å²) in [5, 5.41) is 6.59. The first-order chi connectivity index (χ1) is 18.4. The second kappa shape index (κ2) is 11.6. The second-order valence-corrected chi connectivity index (χ2v) is 10.9. The quantitative estimate of drug-likeness (QED) is 0.627. The van der Waals surface area contributed by atoms with Gasteiger partial charge in [0.2, 0.25) is 23.6 Å². The summed E-state index contributed by atoms with van der Waals surface area (Å²) >= 11 is 6.05. The number of nitrogens with one attached hydrogen (secondary N) is 2. The Morgan fingerprint density at radius 2 is 1.37 bits per heavy atom. The number of carbonyl (C=O) groups is 4. The molecule has 200 valence electrons. The molecule has 3 fully saturated rings. The highest BCUT2D eigenvalue weighted by Crippen LogP contribution is 2.27. The van der Waals surface area contributed by atoms with Crippen molar-refractivity contribution in [2.75, 3.05) is 13.1 Å². The van der Waals surface area contributed by atoms with Crippen LogP contribution < -0.4 is 10.6 Å². The van der Waals surface area contributed by atoms with Crippen molar-refractivity contribution in [3.05, 3.63) is 70.7 Å². The average molecular weight is 537 g/mol. The molecule has 0 bridgehead atoms. The number of halogens is 1. The van der Waals surface area contributed by atoms with Crippen molar-refractivity contribution in [3.63, 3.8) is 0 Å². The summed E-state index contributed by atoms with van der Waals surface area (Å²) < 4.78 is 0. The maximum atomic E-state index is 13.9. The van der Waals surface area contributed by atoms with E-state index in [4.69, 9.17) is 11.6 Å². The zero-order chi connectivity index (χ0) is 26.6. The van der Waals surface area contributed by atoms with Crippen molar-refractivity contribution >= 4 is 35.2 Å². The van der Waals surface area contributed by atoms with Crippen LogP contribution in [-0.2, 0) is 32.0 Å². The van der Waals surface area contributed by atoms with Crippen LogP contribution in [0, 0.1) is 0 Å². The molecule has 2 aromatic carbocycles. The van der Waals surface area contributed by atoms with E-state index in [-0.39, 0.29) is 36.5 Å². The molecule has 0 radical (unpaired) electrons. The highest BCUT2D eigenvalue weighted by atomic mass is 35.5. The fourth-order valence-corrected chi connectivity index (χ4v) is 6.01. The Morgan fingerprint density at radius 1 is 0.737 bits per heavy atom. The van der Waals surface area contributed by atoms with E-state index in [2.05, 4.69) is 10.6 Å². The fraction of sp³-hybridized carbons (Fsp3) is 0.448. The molecule has 5 rings (SSSR count). The summed E-state index contributed by atoms with van der Waals surface area (Å²) in [5.41, 5.74) is 1.84.